The Morgan fingerprint density at radius 3 is 1.47 bits per heavy atom. The molecule has 0 aromatic heterocycles. The quantitative estimate of drug-likeness (QED) is 0.292. The van der Waals surface area contributed by atoms with E-state index in [9.17, 15) is 0 Å². The lowest BCUT2D eigenvalue weighted by atomic mass is 9.97. The smallest absolute Gasteiger partial charge is 0.139 e. The molecule has 2 heterocycles. The average Bonchev–Trinajstić information content (AvgIpc) is 3.28. The summed E-state index contributed by atoms with van der Waals surface area (Å²) in [6.07, 6.45) is 0. The van der Waals surface area contributed by atoms with Crippen molar-refractivity contribution in [1.29, 1.82) is 21.6 Å². The van der Waals surface area contributed by atoms with E-state index < -0.39 is 0 Å². The molecule has 0 bridgehead atoms. The van der Waals surface area contributed by atoms with Gasteiger partial charge in [-0.1, -0.05) is 54.1 Å². The average molecular weight is 469 g/mol. The van der Waals surface area contributed by atoms with Crippen molar-refractivity contribution in [3.63, 3.8) is 0 Å². The third-order valence-corrected chi connectivity index (χ3v) is 7.02. The van der Waals surface area contributed by atoms with E-state index in [0.29, 0.717) is 17.2 Å². The van der Waals surface area contributed by atoms with Crippen LogP contribution >= 0.6 is 0 Å². The van der Waals surface area contributed by atoms with Crippen LogP contribution in [0.1, 0.15) is 27.8 Å². The minimum atomic E-state index is 0.273. The van der Waals surface area contributed by atoms with E-state index in [-0.39, 0.29) is 11.7 Å². The highest BCUT2D eigenvalue weighted by Gasteiger charge is 2.32. The Morgan fingerprint density at radius 1 is 0.472 bits per heavy atom. The van der Waals surface area contributed by atoms with Gasteiger partial charge in [-0.05, 0) is 65.6 Å². The van der Waals surface area contributed by atoms with Crippen LogP contribution in [-0.2, 0) is 0 Å². The SMILES string of the molecule is Cc1ccc(-c2ccc(N3C(=N)c4ccc(-c5ccc6c(c5)C(=N)N(C)C6=N)cc4C3=N)cc2)cc1. The van der Waals surface area contributed by atoms with Crippen molar-refractivity contribution in [2.24, 2.45) is 0 Å². The van der Waals surface area contributed by atoms with Gasteiger partial charge < -0.3 is 4.90 Å². The van der Waals surface area contributed by atoms with Crippen molar-refractivity contribution in [3.05, 3.63) is 113 Å². The summed E-state index contributed by atoms with van der Waals surface area (Å²) >= 11 is 0. The molecule has 0 saturated heterocycles. The topological polar surface area (TPSA) is 102 Å². The summed E-state index contributed by atoms with van der Waals surface area (Å²) in [5.41, 5.74) is 8.99. The number of nitrogens with one attached hydrogen (secondary N) is 4. The first kappa shape index (κ1) is 21.7. The van der Waals surface area contributed by atoms with Crippen molar-refractivity contribution in [1.82, 2.24) is 4.90 Å². The summed E-state index contributed by atoms with van der Waals surface area (Å²) in [5.74, 6) is 1.20. The van der Waals surface area contributed by atoms with Gasteiger partial charge in [-0.2, -0.15) is 0 Å². The molecule has 6 nitrogen and oxygen atoms in total. The van der Waals surface area contributed by atoms with Crippen molar-refractivity contribution in [2.75, 3.05) is 11.9 Å². The molecule has 0 amide bonds. The molecule has 174 valence electrons. The summed E-state index contributed by atoms with van der Waals surface area (Å²) in [4.78, 5) is 3.23. The van der Waals surface area contributed by atoms with Crippen molar-refractivity contribution < 1.29 is 0 Å². The molecule has 4 N–H and O–H groups in total. The van der Waals surface area contributed by atoms with Gasteiger partial charge in [0.25, 0.3) is 0 Å². The third-order valence-electron chi connectivity index (χ3n) is 7.02. The van der Waals surface area contributed by atoms with Gasteiger partial charge in [0.1, 0.15) is 23.3 Å². The molecule has 0 aliphatic carbocycles. The Bertz CT molecular complexity index is 1610. The van der Waals surface area contributed by atoms with E-state index in [4.69, 9.17) is 21.6 Å². The minimum absolute atomic E-state index is 0.273. The van der Waals surface area contributed by atoms with E-state index in [2.05, 4.69) is 31.2 Å². The number of hydrogen-bond acceptors (Lipinski definition) is 4. The molecular weight excluding hydrogens is 444 g/mol. The number of aryl methyl sites for hydroxylation is 1. The number of anilines is 1. The largest absolute Gasteiger partial charge is 0.314 e. The second-order valence-electron chi connectivity index (χ2n) is 9.22. The van der Waals surface area contributed by atoms with Crippen LogP contribution in [0.25, 0.3) is 22.3 Å². The van der Waals surface area contributed by atoms with Crippen LogP contribution in [0.15, 0.2) is 84.9 Å². The van der Waals surface area contributed by atoms with Crippen LogP contribution in [0.2, 0.25) is 0 Å². The van der Waals surface area contributed by atoms with Crippen LogP contribution in [0, 0.1) is 28.6 Å². The van der Waals surface area contributed by atoms with Gasteiger partial charge in [-0.15, -0.1) is 0 Å². The molecule has 0 unspecified atom stereocenters. The molecule has 0 fully saturated rings. The number of benzene rings is 4. The summed E-state index contributed by atoms with van der Waals surface area (Å²) in [7, 11) is 1.73. The second-order valence-corrected chi connectivity index (χ2v) is 9.22. The zero-order valence-corrected chi connectivity index (χ0v) is 20.0. The summed E-state index contributed by atoms with van der Waals surface area (Å²) < 4.78 is 0. The van der Waals surface area contributed by atoms with Crippen LogP contribution in [0.3, 0.4) is 0 Å². The Hall–Kier alpha value is -4.84. The van der Waals surface area contributed by atoms with Crippen LogP contribution in [-0.4, -0.2) is 35.3 Å². The highest BCUT2D eigenvalue weighted by atomic mass is 15.2. The molecular formula is C30H24N6. The molecule has 2 aliphatic heterocycles. The maximum absolute atomic E-state index is 8.88. The van der Waals surface area contributed by atoms with E-state index in [1.165, 1.54) is 5.56 Å². The molecule has 2 aliphatic rings. The van der Waals surface area contributed by atoms with Gasteiger partial charge in [0.05, 0.1) is 0 Å². The lowest BCUT2D eigenvalue weighted by Gasteiger charge is -2.18. The van der Waals surface area contributed by atoms with E-state index in [0.717, 1.165) is 44.6 Å². The van der Waals surface area contributed by atoms with E-state index in [1.54, 1.807) is 16.8 Å². The van der Waals surface area contributed by atoms with Crippen molar-refractivity contribution >= 4 is 29.0 Å². The Morgan fingerprint density at radius 2 is 0.889 bits per heavy atom. The lowest BCUT2D eigenvalue weighted by Crippen LogP contribution is -2.29. The number of amidine groups is 4. The molecule has 6 heteroatoms. The lowest BCUT2D eigenvalue weighted by molar-refractivity contribution is 0.758. The summed E-state index contributed by atoms with van der Waals surface area (Å²) in [6, 6.07) is 27.9. The molecule has 36 heavy (non-hydrogen) atoms. The molecule has 0 radical (unpaired) electrons. The predicted octanol–water partition coefficient (Wildman–Crippen LogP) is 6.10. The first-order chi connectivity index (χ1) is 17.3. The van der Waals surface area contributed by atoms with Gasteiger partial charge in [0, 0.05) is 35.0 Å². The fourth-order valence-electron chi connectivity index (χ4n) is 4.89. The van der Waals surface area contributed by atoms with Gasteiger partial charge in [0.15, 0.2) is 0 Å². The Balaban J connectivity index is 1.32. The highest BCUT2D eigenvalue weighted by Crippen LogP contribution is 2.34. The Kier molecular flexibility index (Phi) is 4.73. The van der Waals surface area contributed by atoms with Crippen molar-refractivity contribution in [2.45, 2.75) is 6.92 Å². The standard InChI is InChI=1S/C30H24N6/c1-17-3-5-18(6-4-17)19-7-11-22(12-8-19)36-29(33)24-14-10-21(16-26(24)30(36)34)20-9-13-23-25(15-20)28(32)35(2)27(23)31/h3-16,31-34H,1-2H3. The van der Waals surface area contributed by atoms with Gasteiger partial charge in [0.2, 0.25) is 0 Å². The maximum Gasteiger partial charge on any atom is 0.139 e. The number of nitrogens with zero attached hydrogens (tertiary/aromatic N) is 2. The van der Waals surface area contributed by atoms with Gasteiger partial charge in [-0.3, -0.25) is 26.5 Å². The second kappa shape index (κ2) is 7.85. The van der Waals surface area contributed by atoms with Crippen LogP contribution in [0.5, 0.6) is 0 Å². The third kappa shape index (κ3) is 3.19. The zero-order valence-electron chi connectivity index (χ0n) is 20.0. The van der Waals surface area contributed by atoms with Crippen LogP contribution < -0.4 is 4.90 Å². The zero-order chi connectivity index (χ0) is 25.1. The summed E-state index contributed by atoms with van der Waals surface area (Å²) in [5, 5.41) is 34.2. The number of fused-ring (bicyclic) bond motifs is 2. The van der Waals surface area contributed by atoms with Gasteiger partial charge >= 0.3 is 0 Å². The molecule has 6 rings (SSSR count). The number of hydrogen-bond donors (Lipinski definition) is 4. The minimum Gasteiger partial charge on any atom is -0.314 e. The predicted molar refractivity (Wildman–Crippen MR) is 146 cm³/mol. The van der Waals surface area contributed by atoms with E-state index in [1.807, 2.05) is 60.7 Å². The highest BCUT2D eigenvalue weighted by molar-refractivity contribution is 6.36. The van der Waals surface area contributed by atoms with Gasteiger partial charge in [-0.25, -0.2) is 0 Å². The molecule has 4 aromatic carbocycles. The first-order valence-electron chi connectivity index (χ1n) is 11.7. The molecule has 4 aromatic rings. The van der Waals surface area contributed by atoms with Crippen molar-refractivity contribution in [3.8, 4) is 22.3 Å². The number of rotatable bonds is 3. The molecule has 0 atom stereocenters. The molecule has 0 spiro atoms. The fraction of sp³-hybridized carbons (Fsp3) is 0.0667. The molecule has 0 saturated carbocycles. The fourth-order valence-corrected chi connectivity index (χ4v) is 4.89. The monoisotopic (exact) mass is 468 g/mol. The van der Waals surface area contributed by atoms with Crippen LogP contribution in [0.4, 0.5) is 5.69 Å². The summed E-state index contributed by atoms with van der Waals surface area (Å²) in [6.45, 7) is 2.07. The first-order valence-corrected chi connectivity index (χ1v) is 11.7. The van der Waals surface area contributed by atoms with E-state index >= 15 is 0 Å². The normalized spacial score (nSPS) is 14.5. The maximum atomic E-state index is 8.88. The Labute approximate surface area is 209 Å².